The van der Waals surface area contributed by atoms with Gasteiger partial charge >= 0.3 is 5.97 Å². The molecule has 1 aromatic carbocycles. The van der Waals surface area contributed by atoms with Gasteiger partial charge in [0.1, 0.15) is 23.4 Å². The van der Waals surface area contributed by atoms with Crippen LogP contribution in [0.3, 0.4) is 0 Å². The maximum Gasteiger partial charge on any atom is 0.310 e. The quantitative estimate of drug-likeness (QED) is 0.251. The number of anilines is 5. The molecule has 2 saturated heterocycles. The van der Waals surface area contributed by atoms with Gasteiger partial charge in [-0.3, -0.25) is 4.79 Å². The lowest BCUT2D eigenvalue weighted by Crippen LogP contribution is -2.44. The molecule has 1 atom stereocenters. The molecule has 6 rings (SSSR count). The number of ether oxygens (including phenoxy) is 1. The van der Waals surface area contributed by atoms with Crippen LogP contribution in [0.5, 0.6) is 0 Å². The zero-order valence-electron chi connectivity index (χ0n) is 24.5. The maximum atomic E-state index is 13.0. The lowest BCUT2D eigenvalue weighted by molar-refractivity contribution is -0.147. The second-order valence-corrected chi connectivity index (χ2v) is 10.9. The van der Waals surface area contributed by atoms with Crippen molar-refractivity contribution >= 4 is 34.9 Å². The van der Waals surface area contributed by atoms with E-state index in [4.69, 9.17) is 4.74 Å². The van der Waals surface area contributed by atoms with Gasteiger partial charge in [0.05, 0.1) is 6.42 Å². The summed E-state index contributed by atoms with van der Waals surface area (Å²) in [7, 11) is 2.05. The predicted octanol–water partition coefficient (Wildman–Crippen LogP) is 3.32. The third-order valence-electron chi connectivity index (χ3n) is 7.46. The van der Waals surface area contributed by atoms with E-state index in [1.165, 1.54) is 0 Å². The molecule has 0 unspecified atom stereocenters. The second kappa shape index (κ2) is 13.1. The van der Waals surface area contributed by atoms with Crippen molar-refractivity contribution < 1.29 is 9.53 Å². The molecule has 3 aromatic heterocycles. The van der Waals surface area contributed by atoms with Crippen LogP contribution in [0, 0.1) is 6.92 Å². The number of benzene rings is 1. The van der Waals surface area contributed by atoms with E-state index in [1.54, 1.807) is 24.5 Å². The van der Waals surface area contributed by atoms with Gasteiger partial charge in [-0.15, -0.1) is 0 Å². The van der Waals surface area contributed by atoms with Crippen LogP contribution < -0.4 is 20.9 Å². The topological polar surface area (TPSA) is 133 Å². The Balaban J connectivity index is 1.18. The van der Waals surface area contributed by atoms with Crippen molar-refractivity contribution in [3.8, 4) is 11.5 Å². The highest BCUT2D eigenvalue weighted by molar-refractivity contribution is 5.77. The number of nitrogens with zero attached hydrogens (tertiary/aromatic N) is 7. The summed E-state index contributed by atoms with van der Waals surface area (Å²) in [5, 5.41) is 9.93. The number of carbonyl (C=O) groups excluding carboxylic acids is 1. The fourth-order valence-corrected chi connectivity index (χ4v) is 5.36. The van der Waals surface area contributed by atoms with Gasteiger partial charge in [0.15, 0.2) is 5.82 Å². The highest BCUT2D eigenvalue weighted by Gasteiger charge is 2.24. The molecule has 0 spiro atoms. The number of likely N-dealkylation sites (tertiary alicyclic amines) is 1. The minimum atomic E-state index is -0.207. The number of pyridine rings is 1. The first-order valence-corrected chi connectivity index (χ1v) is 14.6. The molecular formula is C31H36N10O2. The molecule has 0 bridgehead atoms. The van der Waals surface area contributed by atoms with Crippen molar-refractivity contribution in [3.05, 3.63) is 72.2 Å². The van der Waals surface area contributed by atoms with Crippen molar-refractivity contribution in [2.75, 3.05) is 61.8 Å². The van der Waals surface area contributed by atoms with Crippen LogP contribution in [-0.2, 0) is 16.0 Å². The first-order chi connectivity index (χ1) is 21.0. The van der Waals surface area contributed by atoms with E-state index in [-0.39, 0.29) is 18.5 Å². The van der Waals surface area contributed by atoms with E-state index in [1.807, 2.05) is 44.3 Å². The summed E-state index contributed by atoms with van der Waals surface area (Å²) in [5.74, 6) is 1.89. The first-order valence-electron chi connectivity index (χ1n) is 14.6. The summed E-state index contributed by atoms with van der Waals surface area (Å²) in [6.45, 7) is 7.22. The number of piperazine rings is 1. The Morgan fingerprint density at radius 2 is 1.79 bits per heavy atom. The van der Waals surface area contributed by atoms with Gasteiger partial charge in [-0.1, -0.05) is 6.07 Å². The Kier molecular flexibility index (Phi) is 8.66. The maximum absolute atomic E-state index is 13.0. The van der Waals surface area contributed by atoms with Crippen molar-refractivity contribution in [3.63, 3.8) is 0 Å². The minimum Gasteiger partial charge on any atom is -0.461 e. The van der Waals surface area contributed by atoms with E-state index < -0.39 is 0 Å². The van der Waals surface area contributed by atoms with Crippen molar-refractivity contribution in [1.82, 2.24) is 35.1 Å². The predicted molar refractivity (Wildman–Crippen MR) is 166 cm³/mol. The number of hydrogen-bond acceptors (Lipinski definition) is 12. The largest absolute Gasteiger partial charge is 0.461 e. The Morgan fingerprint density at radius 1 is 0.977 bits per heavy atom. The van der Waals surface area contributed by atoms with Gasteiger partial charge < -0.3 is 30.5 Å². The van der Waals surface area contributed by atoms with E-state index in [0.29, 0.717) is 29.1 Å². The van der Waals surface area contributed by atoms with Gasteiger partial charge in [0.25, 0.3) is 0 Å². The molecule has 2 aliphatic heterocycles. The van der Waals surface area contributed by atoms with Crippen LogP contribution in [0.25, 0.3) is 11.5 Å². The number of aryl methyl sites for hydroxylation is 1. The Morgan fingerprint density at radius 3 is 2.58 bits per heavy atom. The van der Waals surface area contributed by atoms with Gasteiger partial charge in [0, 0.05) is 68.7 Å². The number of esters is 1. The van der Waals surface area contributed by atoms with E-state index >= 15 is 0 Å². The molecule has 4 aromatic rings. The number of carbonyl (C=O) groups is 1. The fourth-order valence-electron chi connectivity index (χ4n) is 5.36. The zero-order valence-corrected chi connectivity index (χ0v) is 24.5. The molecule has 0 amide bonds. The van der Waals surface area contributed by atoms with E-state index in [9.17, 15) is 4.79 Å². The highest BCUT2D eigenvalue weighted by Crippen LogP contribution is 2.28. The van der Waals surface area contributed by atoms with Crippen molar-refractivity contribution in [1.29, 1.82) is 0 Å². The van der Waals surface area contributed by atoms with E-state index in [2.05, 4.69) is 56.7 Å². The third-order valence-corrected chi connectivity index (χ3v) is 7.46. The van der Waals surface area contributed by atoms with Crippen LogP contribution in [0.2, 0.25) is 0 Å². The summed E-state index contributed by atoms with van der Waals surface area (Å²) in [5.41, 5.74) is 4.35. The molecule has 3 N–H and O–H groups in total. The number of hydrogen-bond donors (Lipinski definition) is 3. The molecule has 0 radical (unpaired) electrons. The first kappa shape index (κ1) is 28.4. The van der Waals surface area contributed by atoms with Gasteiger partial charge in [-0.25, -0.2) is 19.9 Å². The number of nitrogens with one attached hydrogen (secondary N) is 3. The summed E-state index contributed by atoms with van der Waals surface area (Å²) in [4.78, 5) is 40.0. The molecule has 2 fully saturated rings. The number of likely N-dealkylation sites (N-methyl/N-ethyl adjacent to an activating group) is 1. The summed E-state index contributed by atoms with van der Waals surface area (Å²) >= 11 is 0. The summed E-state index contributed by atoms with van der Waals surface area (Å²) in [6, 6.07) is 15.3. The molecule has 12 nitrogen and oxygen atoms in total. The minimum absolute atomic E-state index is 0.0517. The monoisotopic (exact) mass is 580 g/mol. The van der Waals surface area contributed by atoms with Crippen LogP contribution in [0.4, 0.5) is 29.0 Å². The van der Waals surface area contributed by atoms with Crippen molar-refractivity contribution in [2.45, 2.75) is 25.9 Å². The number of aromatic nitrogens is 5. The van der Waals surface area contributed by atoms with Crippen LogP contribution >= 0.6 is 0 Å². The second-order valence-electron chi connectivity index (χ2n) is 10.9. The summed E-state index contributed by atoms with van der Waals surface area (Å²) < 4.78 is 5.82. The fraction of sp³-hybridized carbons (Fsp3) is 0.355. The third kappa shape index (κ3) is 7.40. The SMILES string of the molecule is Cc1cccc(-c2nccc(Nc3ccnc(Nc4ccc(N5CCNCC5)c(CC(=O)O[C@@H]5CCN(C)C5)c4)n3)n2)n1. The molecular weight excluding hydrogens is 544 g/mol. The molecule has 2 aliphatic rings. The molecule has 12 heteroatoms. The van der Waals surface area contributed by atoms with E-state index in [0.717, 1.165) is 68.3 Å². The lowest BCUT2D eigenvalue weighted by atomic mass is 10.1. The molecule has 0 aliphatic carbocycles. The summed E-state index contributed by atoms with van der Waals surface area (Å²) in [6.07, 6.45) is 4.38. The van der Waals surface area contributed by atoms with Crippen LogP contribution in [-0.4, -0.2) is 88.2 Å². The van der Waals surface area contributed by atoms with Gasteiger partial charge in [-0.2, -0.15) is 4.98 Å². The van der Waals surface area contributed by atoms with Crippen LogP contribution in [0.1, 0.15) is 17.7 Å². The highest BCUT2D eigenvalue weighted by atomic mass is 16.5. The Labute approximate surface area is 251 Å². The zero-order chi connectivity index (χ0) is 29.6. The smallest absolute Gasteiger partial charge is 0.310 e. The molecule has 43 heavy (non-hydrogen) atoms. The lowest BCUT2D eigenvalue weighted by Gasteiger charge is -2.31. The van der Waals surface area contributed by atoms with Crippen molar-refractivity contribution in [2.24, 2.45) is 0 Å². The standard InChI is InChI=1S/C31H36N10O2/c1-21-4-3-5-25(35-21)30-33-11-8-27(38-30)37-28-9-12-34-31(39-28)36-23-6-7-26(41-16-13-32-14-17-41)22(18-23)19-29(42)43-24-10-15-40(2)20-24/h3-9,11-12,18,24,32H,10,13-17,19-20H2,1-2H3,(H2,33,34,36,37,38,39)/t24-/m1/s1. The Hall–Kier alpha value is -4.68. The average Bonchev–Trinajstić information content (AvgIpc) is 3.42. The number of rotatable bonds is 9. The van der Waals surface area contributed by atoms with Gasteiger partial charge in [-0.05, 0) is 68.4 Å². The molecule has 0 saturated carbocycles. The van der Waals surface area contributed by atoms with Gasteiger partial charge in [0.2, 0.25) is 5.95 Å². The molecule has 222 valence electrons. The Bertz CT molecular complexity index is 1580. The average molecular weight is 581 g/mol. The normalized spacial score (nSPS) is 17.1. The molecule has 5 heterocycles. The van der Waals surface area contributed by atoms with Crippen LogP contribution in [0.15, 0.2) is 60.9 Å².